The first-order chi connectivity index (χ1) is 8.46. The molecule has 0 bridgehead atoms. The zero-order chi connectivity index (χ0) is 13.6. The summed E-state index contributed by atoms with van der Waals surface area (Å²) in [7, 11) is 0. The van der Waals surface area contributed by atoms with E-state index >= 15 is 0 Å². The van der Waals surface area contributed by atoms with Gasteiger partial charge in [0.1, 0.15) is 0 Å². The smallest absolute Gasteiger partial charge is 0.0210 e. The van der Waals surface area contributed by atoms with Crippen LogP contribution in [0.1, 0.15) is 79.1 Å². The fourth-order valence-electron chi connectivity index (χ4n) is 3.21. The van der Waals surface area contributed by atoms with Gasteiger partial charge in [0, 0.05) is 11.1 Å². The van der Waals surface area contributed by atoms with Gasteiger partial charge in [0.2, 0.25) is 0 Å². The van der Waals surface area contributed by atoms with Gasteiger partial charge in [0.15, 0.2) is 0 Å². The van der Waals surface area contributed by atoms with Crippen molar-refractivity contribution in [1.29, 1.82) is 0 Å². The van der Waals surface area contributed by atoms with Gasteiger partial charge in [-0.05, 0) is 51.5 Å². The molecule has 0 aromatic carbocycles. The molecule has 0 aliphatic heterocycles. The summed E-state index contributed by atoms with van der Waals surface area (Å²) in [6, 6.07) is 0. The Hall–Kier alpha value is -0.0800. The van der Waals surface area contributed by atoms with Gasteiger partial charge in [0.05, 0.1) is 0 Å². The summed E-state index contributed by atoms with van der Waals surface area (Å²) in [5.41, 5.74) is 6.84. The molecule has 1 aliphatic rings. The minimum absolute atomic E-state index is 0.0634. The van der Waals surface area contributed by atoms with Crippen LogP contribution in [0.4, 0.5) is 0 Å². The van der Waals surface area contributed by atoms with E-state index in [-0.39, 0.29) is 5.54 Å². The first kappa shape index (κ1) is 16.0. The first-order valence-corrected chi connectivity index (χ1v) is 7.99. The highest BCUT2D eigenvalue weighted by atomic mass is 15.0. The Labute approximate surface area is 114 Å². The highest BCUT2D eigenvalue weighted by Gasteiger charge is 2.49. The normalized spacial score (nSPS) is 30.2. The molecule has 1 rings (SSSR count). The van der Waals surface area contributed by atoms with Gasteiger partial charge < -0.3 is 11.1 Å². The van der Waals surface area contributed by atoms with Crippen molar-refractivity contribution in [3.8, 4) is 0 Å². The summed E-state index contributed by atoms with van der Waals surface area (Å²) >= 11 is 0. The standard InChI is InChI=1S/C16H34N2/c1-5-9-15(4,17)10-7-8-11-16(13-14(16)3)18-12-6-2/h14,18H,5-13,17H2,1-4H3. The summed E-state index contributed by atoms with van der Waals surface area (Å²) in [4.78, 5) is 0. The lowest BCUT2D eigenvalue weighted by Crippen LogP contribution is -2.36. The number of unbranched alkanes of at least 4 members (excludes halogenated alkanes) is 1. The van der Waals surface area contributed by atoms with Crippen molar-refractivity contribution in [2.24, 2.45) is 11.7 Å². The molecule has 1 saturated carbocycles. The second-order valence-corrected chi connectivity index (χ2v) is 6.80. The molecular formula is C16H34N2. The quantitative estimate of drug-likeness (QED) is 0.581. The van der Waals surface area contributed by atoms with Crippen LogP contribution in [0.25, 0.3) is 0 Å². The van der Waals surface area contributed by atoms with Gasteiger partial charge in [-0.3, -0.25) is 0 Å². The largest absolute Gasteiger partial charge is 0.325 e. The van der Waals surface area contributed by atoms with Crippen molar-refractivity contribution in [2.45, 2.75) is 90.1 Å². The van der Waals surface area contributed by atoms with E-state index in [1.54, 1.807) is 0 Å². The molecule has 18 heavy (non-hydrogen) atoms. The molecule has 0 radical (unpaired) electrons. The van der Waals surface area contributed by atoms with Crippen LogP contribution in [0.2, 0.25) is 0 Å². The highest BCUT2D eigenvalue weighted by molar-refractivity contribution is 5.07. The maximum Gasteiger partial charge on any atom is 0.0210 e. The molecule has 3 unspecified atom stereocenters. The lowest BCUT2D eigenvalue weighted by atomic mass is 9.90. The molecular weight excluding hydrogens is 220 g/mol. The second-order valence-electron chi connectivity index (χ2n) is 6.80. The van der Waals surface area contributed by atoms with E-state index < -0.39 is 0 Å². The van der Waals surface area contributed by atoms with Gasteiger partial charge >= 0.3 is 0 Å². The van der Waals surface area contributed by atoms with E-state index in [4.69, 9.17) is 5.73 Å². The third kappa shape index (κ3) is 4.89. The summed E-state index contributed by atoms with van der Waals surface area (Å²) in [5, 5.41) is 3.76. The minimum Gasteiger partial charge on any atom is -0.325 e. The average molecular weight is 254 g/mol. The topological polar surface area (TPSA) is 38.0 Å². The molecule has 0 amide bonds. The zero-order valence-electron chi connectivity index (χ0n) is 13.0. The highest BCUT2D eigenvalue weighted by Crippen LogP contribution is 2.46. The predicted molar refractivity (Wildman–Crippen MR) is 80.8 cm³/mol. The third-order valence-electron chi connectivity index (χ3n) is 4.62. The number of hydrogen-bond acceptors (Lipinski definition) is 2. The molecule has 0 saturated heterocycles. The van der Waals surface area contributed by atoms with Crippen LogP contribution in [-0.2, 0) is 0 Å². The maximum absolute atomic E-state index is 6.28. The van der Waals surface area contributed by atoms with Gasteiger partial charge in [0.25, 0.3) is 0 Å². The third-order valence-corrected chi connectivity index (χ3v) is 4.62. The maximum atomic E-state index is 6.28. The number of nitrogens with one attached hydrogen (secondary N) is 1. The van der Waals surface area contributed by atoms with E-state index in [1.165, 1.54) is 51.5 Å². The van der Waals surface area contributed by atoms with E-state index in [0.717, 1.165) is 12.3 Å². The predicted octanol–water partition coefficient (Wildman–Crippen LogP) is 3.84. The van der Waals surface area contributed by atoms with Crippen LogP contribution in [-0.4, -0.2) is 17.6 Å². The van der Waals surface area contributed by atoms with Crippen molar-refractivity contribution >= 4 is 0 Å². The van der Waals surface area contributed by atoms with Crippen LogP contribution in [0.5, 0.6) is 0 Å². The zero-order valence-corrected chi connectivity index (χ0v) is 13.0. The monoisotopic (exact) mass is 254 g/mol. The molecule has 3 N–H and O–H groups in total. The second kappa shape index (κ2) is 6.91. The summed E-state index contributed by atoms with van der Waals surface area (Å²) in [6.07, 6.45) is 10.1. The van der Waals surface area contributed by atoms with Gasteiger partial charge in [-0.15, -0.1) is 0 Å². The summed E-state index contributed by atoms with van der Waals surface area (Å²) in [5.74, 6) is 0.879. The Morgan fingerprint density at radius 3 is 2.39 bits per heavy atom. The Balaban J connectivity index is 2.17. The lowest BCUT2D eigenvalue weighted by Gasteiger charge is -2.25. The SMILES string of the molecule is CCCNC1(CCCCC(C)(N)CCC)CC1C. The van der Waals surface area contributed by atoms with Gasteiger partial charge in [-0.2, -0.15) is 0 Å². The first-order valence-electron chi connectivity index (χ1n) is 7.99. The Morgan fingerprint density at radius 2 is 1.89 bits per heavy atom. The van der Waals surface area contributed by atoms with Crippen LogP contribution in [0, 0.1) is 5.92 Å². The van der Waals surface area contributed by atoms with Crippen LogP contribution in [0.15, 0.2) is 0 Å². The summed E-state index contributed by atoms with van der Waals surface area (Å²) < 4.78 is 0. The van der Waals surface area contributed by atoms with Crippen molar-refractivity contribution in [1.82, 2.24) is 5.32 Å². The van der Waals surface area contributed by atoms with Gasteiger partial charge in [-0.1, -0.05) is 40.0 Å². The molecule has 0 aromatic heterocycles. The molecule has 2 nitrogen and oxygen atoms in total. The van der Waals surface area contributed by atoms with E-state index in [0.29, 0.717) is 5.54 Å². The van der Waals surface area contributed by atoms with E-state index in [9.17, 15) is 0 Å². The summed E-state index contributed by atoms with van der Waals surface area (Å²) in [6.45, 7) is 10.2. The van der Waals surface area contributed by atoms with Gasteiger partial charge in [-0.25, -0.2) is 0 Å². The number of hydrogen-bond donors (Lipinski definition) is 2. The van der Waals surface area contributed by atoms with Crippen molar-refractivity contribution in [3.05, 3.63) is 0 Å². The van der Waals surface area contributed by atoms with E-state index in [2.05, 4.69) is 33.0 Å². The molecule has 1 fully saturated rings. The van der Waals surface area contributed by atoms with Crippen LogP contribution >= 0.6 is 0 Å². The Kier molecular flexibility index (Phi) is 6.13. The average Bonchev–Trinajstić information content (AvgIpc) is 2.93. The fourth-order valence-corrected chi connectivity index (χ4v) is 3.21. The lowest BCUT2D eigenvalue weighted by molar-refractivity contribution is 0.358. The van der Waals surface area contributed by atoms with Crippen LogP contribution < -0.4 is 11.1 Å². The molecule has 0 aromatic rings. The fraction of sp³-hybridized carbons (Fsp3) is 1.00. The molecule has 108 valence electrons. The van der Waals surface area contributed by atoms with E-state index in [1.807, 2.05) is 0 Å². The minimum atomic E-state index is 0.0634. The van der Waals surface area contributed by atoms with Crippen molar-refractivity contribution in [2.75, 3.05) is 6.54 Å². The van der Waals surface area contributed by atoms with Crippen LogP contribution in [0.3, 0.4) is 0 Å². The number of rotatable bonds is 10. The molecule has 3 atom stereocenters. The molecule has 2 heteroatoms. The Morgan fingerprint density at radius 1 is 1.22 bits per heavy atom. The Bertz CT molecular complexity index is 237. The molecule has 0 heterocycles. The number of nitrogens with two attached hydrogens (primary N) is 1. The van der Waals surface area contributed by atoms with Crippen molar-refractivity contribution in [3.63, 3.8) is 0 Å². The van der Waals surface area contributed by atoms with Crippen molar-refractivity contribution < 1.29 is 0 Å². The molecule has 1 aliphatic carbocycles. The molecule has 0 spiro atoms.